The van der Waals surface area contributed by atoms with Gasteiger partial charge in [0.05, 0.1) is 11.5 Å². The van der Waals surface area contributed by atoms with E-state index >= 15 is 0 Å². The van der Waals surface area contributed by atoms with Crippen LogP contribution in [0.5, 0.6) is 0 Å². The molecular weight excluding hydrogens is 170 g/mol. The van der Waals surface area contributed by atoms with Crippen LogP contribution in [-0.4, -0.2) is 0 Å². The van der Waals surface area contributed by atoms with Gasteiger partial charge in [0.2, 0.25) is 0 Å². The van der Waals surface area contributed by atoms with Crippen LogP contribution in [0.3, 0.4) is 0 Å². The topological polar surface area (TPSA) is 23.8 Å². The highest BCUT2D eigenvalue weighted by atomic mass is 14.4. The van der Waals surface area contributed by atoms with Gasteiger partial charge in [0.15, 0.2) is 0 Å². The lowest BCUT2D eigenvalue weighted by molar-refractivity contribution is 0.189. The Morgan fingerprint density at radius 1 is 1.21 bits per heavy atom. The zero-order valence-electron chi connectivity index (χ0n) is 9.68. The third kappa shape index (κ3) is 2.74. The average molecular weight is 193 g/mol. The summed E-state index contributed by atoms with van der Waals surface area (Å²) in [6, 6.07) is 2.58. The summed E-state index contributed by atoms with van der Waals surface area (Å²) in [5.41, 5.74) is 0.0546. The Labute approximate surface area is 88.5 Å². The fraction of sp³-hybridized carbons (Fsp3) is 0.923. The van der Waals surface area contributed by atoms with Gasteiger partial charge in [-0.15, -0.1) is 0 Å². The Morgan fingerprint density at radius 2 is 1.86 bits per heavy atom. The maximum atomic E-state index is 9.24. The molecule has 0 bridgehead atoms. The van der Waals surface area contributed by atoms with Crippen LogP contribution in [0.1, 0.15) is 65.2 Å². The van der Waals surface area contributed by atoms with Crippen LogP contribution in [0.15, 0.2) is 0 Å². The molecule has 80 valence electrons. The molecule has 0 heterocycles. The smallest absolute Gasteiger partial charge is 0.0689 e. The monoisotopic (exact) mass is 193 g/mol. The Hall–Kier alpha value is -0.510. The van der Waals surface area contributed by atoms with Gasteiger partial charge in [-0.05, 0) is 38.0 Å². The molecule has 1 aliphatic rings. The van der Waals surface area contributed by atoms with E-state index in [1.807, 2.05) is 0 Å². The molecule has 0 N–H and O–H groups in total. The Kier molecular flexibility index (Phi) is 4.45. The number of rotatable bonds is 4. The minimum atomic E-state index is 0.0546. The van der Waals surface area contributed by atoms with Crippen molar-refractivity contribution in [3.05, 3.63) is 0 Å². The van der Waals surface area contributed by atoms with Crippen LogP contribution >= 0.6 is 0 Å². The molecule has 1 rings (SSSR count). The van der Waals surface area contributed by atoms with Gasteiger partial charge in [0.25, 0.3) is 0 Å². The van der Waals surface area contributed by atoms with Crippen LogP contribution in [0, 0.1) is 22.7 Å². The summed E-state index contributed by atoms with van der Waals surface area (Å²) >= 11 is 0. The van der Waals surface area contributed by atoms with Crippen LogP contribution in [0.2, 0.25) is 0 Å². The van der Waals surface area contributed by atoms with Gasteiger partial charge in [0, 0.05) is 0 Å². The minimum Gasteiger partial charge on any atom is -0.198 e. The lowest BCUT2D eigenvalue weighted by Gasteiger charge is -2.34. The number of hydrogen-bond acceptors (Lipinski definition) is 1. The fourth-order valence-electron chi connectivity index (χ4n) is 2.82. The molecule has 0 aromatic carbocycles. The molecule has 1 heteroatoms. The van der Waals surface area contributed by atoms with E-state index in [1.54, 1.807) is 0 Å². The van der Waals surface area contributed by atoms with Gasteiger partial charge in [-0.3, -0.25) is 0 Å². The van der Waals surface area contributed by atoms with E-state index in [0.29, 0.717) is 0 Å². The highest BCUT2D eigenvalue weighted by molar-refractivity contribution is 5.01. The normalized spacial score (nSPS) is 32.5. The highest BCUT2D eigenvalue weighted by Gasteiger charge is 2.34. The molecule has 14 heavy (non-hydrogen) atoms. The molecule has 0 amide bonds. The summed E-state index contributed by atoms with van der Waals surface area (Å²) in [5.74, 6) is 0.915. The van der Waals surface area contributed by atoms with Gasteiger partial charge < -0.3 is 0 Å². The molecule has 0 aliphatic heterocycles. The maximum Gasteiger partial charge on any atom is 0.0689 e. The first-order valence-electron chi connectivity index (χ1n) is 6.17. The molecule has 0 aromatic rings. The largest absolute Gasteiger partial charge is 0.198 e. The van der Waals surface area contributed by atoms with Crippen LogP contribution in [0.4, 0.5) is 0 Å². The summed E-state index contributed by atoms with van der Waals surface area (Å²) in [4.78, 5) is 0. The molecule has 0 spiro atoms. The zero-order chi connectivity index (χ0) is 10.4. The van der Waals surface area contributed by atoms with Gasteiger partial charge in [-0.25, -0.2) is 0 Å². The molecular formula is C13H23N. The van der Waals surface area contributed by atoms with Crippen molar-refractivity contribution in [1.82, 2.24) is 0 Å². The van der Waals surface area contributed by atoms with E-state index in [0.717, 1.165) is 31.6 Å². The molecule has 0 atom stereocenters. The Bertz CT molecular complexity index is 194. The summed E-state index contributed by atoms with van der Waals surface area (Å²) in [6.07, 6.45) is 9.84. The molecule has 1 nitrogen and oxygen atoms in total. The second kappa shape index (κ2) is 5.39. The number of nitriles is 1. The van der Waals surface area contributed by atoms with Crippen molar-refractivity contribution in [2.45, 2.75) is 65.2 Å². The minimum absolute atomic E-state index is 0.0546. The molecule has 0 saturated heterocycles. The van der Waals surface area contributed by atoms with E-state index < -0.39 is 0 Å². The highest BCUT2D eigenvalue weighted by Crippen LogP contribution is 2.42. The summed E-state index contributed by atoms with van der Waals surface area (Å²) in [7, 11) is 0. The van der Waals surface area contributed by atoms with Crippen molar-refractivity contribution in [2.75, 3.05) is 0 Å². The molecule has 1 aliphatic carbocycles. The Morgan fingerprint density at radius 3 is 2.29 bits per heavy atom. The van der Waals surface area contributed by atoms with E-state index in [2.05, 4.69) is 19.9 Å². The van der Waals surface area contributed by atoms with Crippen LogP contribution in [-0.2, 0) is 0 Å². The van der Waals surface area contributed by atoms with Crippen LogP contribution < -0.4 is 0 Å². The van der Waals surface area contributed by atoms with Crippen molar-refractivity contribution < 1.29 is 0 Å². The first-order chi connectivity index (χ1) is 6.76. The maximum absolute atomic E-state index is 9.24. The molecule has 0 aromatic heterocycles. The second-order valence-electron chi connectivity index (χ2n) is 4.87. The summed E-state index contributed by atoms with van der Waals surface area (Å²) < 4.78 is 0. The SMILES string of the molecule is CCCC1CCC(C#N)(CCC)CC1. The van der Waals surface area contributed by atoms with Crippen LogP contribution in [0.25, 0.3) is 0 Å². The van der Waals surface area contributed by atoms with Crippen molar-refractivity contribution >= 4 is 0 Å². The van der Waals surface area contributed by atoms with Gasteiger partial charge in [0.1, 0.15) is 0 Å². The summed E-state index contributed by atoms with van der Waals surface area (Å²) in [6.45, 7) is 4.45. The third-order valence-corrected chi connectivity index (χ3v) is 3.72. The zero-order valence-corrected chi connectivity index (χ0v) is 9.68. The van der Waals surface area contributed by atoms with E-state index in [9.17, 15) is 5.26 Å². The molecule has 0 radical (unpaired) electrons. The third-order valence-electron chi connectivity index (χ3n) is 3.72. The fourth-order valence-corrected chi connectivity index (χ4v) is 2.82. The Balaban J connectivity index is 2.43. The van der Waals surface area contributed by atoms with Gasteiger partial charge in [-0.1, -0.05) is 33.1 Å². The lowest BCUT2D eigenvalue weighted by Crippen LogP contribution is -2.25. The van der Waals surface area contributed by atoms with Crippen molar-refractivity contribution in [1.29, 1.82) is 5.26 Å². The van der Waals surface area contributed by atoms with E-state index in [-0.39, 0.29) is 5.41 Å². The average Bonchev–Trinajstić information content (AvgIpc) is 2.22. The molecule has 1 fully saturated rings. The van der Waals surface area contributed by atoms with Gasteiger partial charge >= 0.3 is 0 Å². The predicted octanol–water partition coefficient (Wildman–Crippen LogP) is 4.29. The van der Waals surface area contributed by atoms with Crippen molar-refractivity contribution in [2.24, 2.45) is 11.3 Å². The van der Waals surface area contributed by atoms with Crippen molar-refractivity contribution in [3.8, 4) is 6.07 Å². The second-order valence-corrected chi connectivity index (χ2v) is 4.87. The predicted molar refractivity (Wildman–Crippen MR) is 59.8 cm³/mol. The van der Waals surface area contributed by atoms with E-state index in [1.165, 1.54) is 25.7 Å². The van der Waals surface area contributed by atoms with E-state index in [4.69, 9.17) is 0 Å². The lowest BCUT2D eigenvalue weighted by atomic mass is 9.68. The number of hydrogen-bond donors (Lipinski definition) is 0. The first-order valence-corrected chi connectivity index (χ1v) is 6.17. The van der Waals surface area contributed by atoms with Gasteiger partial charge in [-0.2, -0.15) is 5.26 Å². The summed E-state index contributed by atoms with van der Waals surface area (Å²) in [5, 5.41) is 9.24. The number of nitrogens with zero attached hydrogens (tertiary/aromatic N) is 1. The standard InChI is InChI=1S/C13H23N/c1-3-5-12-6-9-13(11-14,8-4-2)10-7-12/h12H,3-10H2,1-2H3. The van der Waals surface area contributed by atoms with Crippen molar-refractivity contribution in [3.63, 3.8) is 0 Å². The molecule has 0 unspecified atom stereocenters. The quantitative estimate of drug-likeness (QED) is 0.653. The first kappa shape index (κ1) is 11.6. The molecule has 1 saturated carbocycles.